The van der Waals surface area contributed by atoms with Crippen LogP contribution in [0.3, 0.4) is 0 Å². The van der Waals surface area contributed by atoms with Gasteiger partial charge in [0.05, 0.1) is 9.40 Å². The highest BCUT2D eigenvalue weighted by Gasteiger charge is 2.21. The second-order valence-electron chi connectivity index (χ2n) is 3.73. The molecule has 0 bridgehead atoms. The standard InChI is InChI=1S/C12H9BrClN3O3/c13-8-6-7(14)4-5-10(8)20-11-3-1-2-9(16-15)12(11)17(18)19/h1-6,16H,15H2. The van der Waals surface area contributed by atoms with E-state index in [0.29, 0.717) is 15.2 Å². The first-order valence-corrected chi connectivity index (χ1v) is 6.57. The van der Waals surface area contributed by atoms with Gasteiger partial charge in [-0.15, -0.1) is 0 Å². The zero-order chi connectivity index (χ0) is 14.7. The van der Waals surface area contributed by atoms with Gasteiger partial charge in [0.2, 0.25) is 5.75 Å². The van der Waals surface area contributed by atoms with E-state index in [1.54, 1.807) is 24.3 Å². The summed E-state index contributed by atoms with van der Waals surface area (Å²) in [6.45, 7) is 0. The number of nitrogens with one attached hydrogen (secondary N) is 1. The van der Waals surface area contributed by atoms with Crippen LogP contribution >= 0.6 is 27.5 Å². The first-order valence-electron chi connectivity index (χ1n) is 5.40. The highest BCUT2D eigenvalue weighted by atomic mass is 79.9. The lowest BCUT2D eigenvalue weighted by Crippen LogP contribution is -2.09. The molecule has 104 valence electrons. The number of nitro groups is 1. The maximum atomic E-state index is 11.1. The fraction of sp³-hybridized carbons (Fsp3) is 0. The number of nitrogen functional groups attached to an aromatic ring is 1. The average Bonchev–Trinajstić information content (AvgIpc) is 2.41. The monoisotopic (exact) mass is 357 g/mol. The topological polar surface area (TPSA) is 90.4 Å². The third-order valence-electron chi connectivity index (χ3n) is 2.45. The van der Waals surface area contributed by atoms with Gasteiger partial charge in [-0.05, 0) is 46.3 Å². The molecule has 2 rings (SSSR count). The number of para-hydroxylation sites is 1. The molecule has 8 heteroatoms. The van der Waals surface area contributed by atoms with Crippen LogP contribution in [0.15, 0.2) is 40.9 Å². The van der Waals surface area contributed by atoms with Crippen LogP contribution in [0.25, 0.3) is 0 Å². The summed E-state index contributed by atoms with van der Waals surface area (Å²) in [6.07, 6.45) is 0. The molecule has 2 aromatic rings. The van der Waals surface area contributed by atoms with Crippen molar-refractivity contribution in [2.75, 3.05) is 5.43 Å². The third-order valence-corrected chi connectivity index (χ3v) is 3.31. The van der Waals surface area contributed by atoms with Gasteiger partial charge in [-0.2, -0.15) is 0 Å². The quantitative estimate of drug-likeness (QED) is 0.488. The number of benzene rings is 2. The molecule has 0 fully saturated rings. The van der Waals surface area contributed by atoms with Crippen LogP contribution in [-0.2, 0) is 0 Å². The molecule has 0 heterocycles. The Hall–Kier alpha value is -1.83. The van der Waals surface area contributed by atoms with E-state index in [1.165, 1.54) is 12.1 Å². The molecule has 20 heavy (non-hydrogen) atoms. The second kappa shape index (κ2) is 6.08. The number of anilines is 1. The van der Waals surface area contributed by atoms with E-state index in [4.69, 9.17) is 22.2 Å². The maximum absolute atomic E-state index is 11.1. The molecule has 0 amide bonds. The van der Waals surface area contributed by atoms with Gasteiger partial charge in [0.1, 0.15) is 11.4 Å². The molecular formula is C12H9BrClN3O3. The summed E-state index contributed by atoms with van der Waals surface area (Å²) in [7, 11) is 0. The summed E-state index contributed by atoms with van der Waals surface area (Å²) >= 11 is 9.11. The predicted molar refractivity (Wildman–Crippen MR) is 80.1 cm³/mol. The van der Waals surface area contributed by atoms with Crippen LogP contribution in [0.5, 0.6) is 11.5 Å². The lowest BCUT2D eigenvalue weighted by molar-refractivity contribution is -0.384. The first kappa shape index (κ1) is 14.6. The Morgan fingerprint density at radius 2 is 2.05 bits per heavy atom. The molecule has 0 unspecified atom stereocenters. The lowest BCUT2D eigenvalue weighted by Gasteiger charge is -2.10. The molecule has 0 atom stereocenters. The number of rotatable bonds is 4. The zero-order valence-electron chi connectivity index (χ0n) is 9.97. The number of hydrogen-bond donors (Lipinski definition) is 2. The summed E-state index contributed by atoms with van der Waals surface area (Å²) in [5.74, 6) is 5.75. The Balaban J connectivity index is 2.45. The minimum atomic E-state index is -0.561. The number of nitrogens with zero attached hydrogens (tertiary/aromatic N) is 1. The lowest BCUT2D eigenvalue weighted by atomic mass is 10.2. The summed E-state index contributed by atoms with van der Waals surface area (Å²) < 4.78 is 6.14. The minimum Gasteiger partial charge on any atom is -0.449 e. The normalized spacial score (nSPS) is 10.2. The molecule has 0 aromatic heterocycles. The molecule has 0 spiro atoms. The summed E-state index contributed by atoms with van der Waals surface area (Å²) in [6, 6.07) is 9.44. The van der Waals surface area contributed by atoms with E-state index in [0.717, 1.165) is 0 Å². The Morgan fingerprint density at radius 1 is 1.30 bits per heavy atom. The molecule has 0 aliphatic carbocycles. The van der Waals surface area contributed by atoms with E-state index in [9.17, 15) is 10.1 Å². The number of nitrogens with two attached hydrogens (primary N) is 1. The zero-order valence-corrected chi connectivity index (χ0v) is 12.3. The van der Waals surface area contributed by atoms with Gasteiger partial charge < -0.3 is 10.2 Å². The molecule has 0 saturated carbocycles. The Morgan fingerprint density at radius 3 is 2.65 bits per heavy atom. The van der Waals surface area contributed by atoms with Gasteiger partial charge in [-0.1, -0.05) is 17.7 Å². The van der Waals surface area contributed by atoms with E-state index in [1.807, 2.05) is 0 Å². The van der Waals surface area contributed by atoms with E-state index in [-0.39, 0.29) is 17.1 Å². The summed E-state index contributed by atoms with van der Waals surface area (Å²) in [4.78, 5) is 10.6. The van der Waals surface area contributed by atoms with E-state index >= 15 is 0 Å². The first-order chi connectivity index (χ1) is 9.52. The highest BCUT2D eigenvalue weighted by Crippen LogP contribution is 2.39. The van der Waals surface area contributed by atoms with Crippen molar-refractivity contribution in [3.8, 4) is 11.5 Å². The number of ether oxygens (including phenoxy) is 1. The number of hydrazine groups is 1. The number of halogens is 2. The highest BCUT2D eigenvalue weighted by molar-refractivity contribution is 9.10. The van der Waals surface area contributed by atoms with Crippen molar-refractivity contribution in [1.29, 1.82) is 0 Å². The Bertz CT molecular complexity index is 666. The van der Waals surface area contributed by atoms with Gasteiger partial charge in [-0.3, -0.25) is 16.0 Å². The maximum Gasteiger partial charge on any atom is 0.335 e. The van der Waals surface area contributed by atoms with E-state index < -0.39 is 4.92 Å². The fourth-order valence-electron chi connectivity index (χ4n) is 1.59. The van der Waals surface area contributed by atoms with Gasteiger partial charge in [-0.25, -0.2) is 0 Å². The van der Waals surface area contributed by atoms with Gasteiger partial charge in [0, 0.05) is 5.02 Å². The molecule has 2 aromatic carbocycles. The van der Waals surface area contributed by atoms with Crippen LogP contribution in [-0.4, -0.2) is 4.92 Å². The van der Waals surface area contributed by atoms with Gasteiger partial charge in [0.15, 0.2) is 0 Å². The molecule has 0 aliphatic rings. The molecule has 3 N–H and O–H groups in total. The number of nitro benzene ring substituents is 1. The smallest absolute Gasteiger partial charge is 0.335 e. The number of hydrogen-bond acceptors (Lipinski definition) is 5. The SMILES string of the molecule is NNc1cccc(Oc2ccc(Cl)cc2Br)c1[N+](=O)[O-]. The second-order valence-corrected chi connectivity index (χ2v) is 5.02. The van der Waals surface area contributed by atoms with Crippen molar-refractivity contribution in [2.45, 2.75) is 0 Å². The van der Waals surface area contributed by atoms with Gasteiger partial charge >= 0.3 is 5.69 Å². The van der Waals surface area contributed by atoms with Crippen molar-refractivity contribution in [3.05, 3.63) is 56.0 Å². The average molecular weight is 359 g/mol. The molecule has 0 radical (unpaired) electrons. The molecule has 6 nitrogen and oxygen atoms in total. The van der Waals surface area contributed by atoms with E-state index in [2.05, 4.69) is 21.4 Å². The van der Waals surface area contributed by atoms with Crippen LogP contribution in [0.2, 0.25) is 5.02 Å². The minimum absolute atomic E-state index is 0.0773. The van der Waals surface area contributed by atoms with Crippen LogP contribution in [0.1, 0.15) is 0 Å². The Kier molecular flexibility index (Phi) is 4.43. The van der Waals surface area contributed by atoms with Crippen molar-refractivity contribution < 1.29 is 9.66 Å². The molecule has 0 aliphatic heterocycles. The van der Waals surface area contributed by atoms with Crippen LogP contribution < -0.4 is 16.0 Å². The fourth-order valence-corrected chi connectivity index (χ4v) is 2.35. The van der Waals surface area contributed by atoms with Crippen molar-refractivity contribution in [2.24, 2.45) is 5.84 Å². The molecular weight excluding hydrogens is 350 g/mol. The van der Waals surface area contributed by atoms with Gasteiger partial charge in [0.25, 0.3) is 0 Å². The summed E-state index contributed by atoms with van der Waals surface area (Å²) in [5.41, 5.74) is 2.20. The van der Waals surface area contributed by atoms with Crippen LogP contribution in [0, 0.1) is 10.1 Å². The van der Waals surface area contributed by atoms with Crippen LogP contribution in [0.4, 0.5) is 11.4 Å². The Labute approximate surface area is 127 Å². The predicted octanol–water partition coefficient (Wildman–Crippen LogP) is 4.09. The third kappa shape index (κ3) is 3.01. The summed E-state index contributed by atoms with van der Waals surface area (Å²) in [5, 5.41) is 11.7. The van der Waals surface area contributed by atoms with Crippen molar-refractivity contribution >= 4 is 38.9 Å². The molecule has 0 saturated heterocycles. The largest absolute Gasteiger partial charge is 0.449 e. The van der Waals surface area contributed by atoms with Crippen molar-refractivity contribution in [1.82, 2.24) is 0 Å². The van der Waals surface area contributed by atoms with Crippen molar-refractivity contribution in [3.63, 3.8) is 0 Å².